The van der Waals surface area contributed by atoms with Gasteiger partial charge in [0.05, 0.1) is 23.0 Å². The predicted molar refractivity (Wildman–Crippen MR) is 134 cm³/mol. The summed E-state index contributed by atoms with van der Waals surface area (Å²) in [6.45, 7) is 4.53. The van der Waals surface area contributed by atoms with E-state index in [4.69, 9.17) is 4.98 Å². The molecule has 2 aromatic heterocycles. The van der Waals surface area contributed by atoms with Gasteiger partial charge in [0, 0.05) is 40.2 Å². The molecule has 33 heavy (non-hydrogen) atoms. The van der Waals surface area contributed by atoms with Crippen molar-refractivity contribution in [2.75, 3.05) is 0 Å². The lowest BCUT2D eigenvalue weighted by molar-refractivity contribution is 0.0956. The molecule has 0 unspecified atom stereocenters. The highest BCUT2D eigenvalue weighted by Gasteiger charge is 2.13. The number of allylic oxidation sites excluding steroid dienone is 1. The van der Waals surface area contributed by atoms with Crippen LogP contribution in [0.4, 0.5) is 0 Å². The average molecular weight is 431 g/mol. The number of carbonyl (C=O) groups is 1. The largest absolute Gasteiger partial charge is 0.343 e. The van der Waals surface area contributed by atoms with E-state index in [0.29, 0.717) is 12.1 Å². The Labute approximate surface area is 191 Å². The van der Waals surface area contributed by atoms with Crippen LogP contribution in [0.15, 0.2) is 109 Å². The third-order valence-electron chi connectivity index (χ3n) is 5.55. The Bertz CT molecular complexity index is 1500. The highest BCUT2D eigenvalue weighted by Crippen LogP contribution is 2.25. The normalized spacial score (nSPS) is 11.3. The van der Waals surface area contributed by atoms with Crippen molar-refractivity contribution in [3.05, 3.63) is 115 Å². The van der Waals surface area contributed by atoms with Crippen LogP contribution in [0, 0.1) is 0 Å². The number of benzene rings is 3. The third-order valence-corrected chi connectivity index (χ3v) is 5.55. The maximum Gasteiger partial charge on any atom is 0.272 e. The Morgan fingerprint density at radius 1 is 0.970 bits per heavy atom. The fourth-order valence-electron chi connectivity index (χ4n) is 4.01. The fraction of sp³-hybridized carbons (Fsp3) is 0.0357. The zero-order valence-electron chi connectivity index (χ0n) is 18.0. The molecule has 3 aromatic carbocycles. The topological polar surface area (TPSA) is 59.3 Å². The number of nitrogens with zero attached hydrogens (tertiary/aromatic N) is 3. The summed E-state index contributed by atoms with van der Waals surface area (Å²) in [7, 11) is 0. The zero-order chi connectivity index (χ0) is 22.6. The number of para-hydroxylation sites is 2. The molecule has 5 nitrogen and oxygen atoms in total. The van der Waals surface area contributed by atoms with E-state index in [1.807, 2.05) is 91.1 Å². The van der Waals surface area contributed by atoms with Crippen LogP contribution in [0.1, 0.15) is 15.9 Å². The molecule has 5 rings (SSSR count). The molecule has 0 aliphatic heterocycles. The fourth-order valence-corrected chi connectivity index (χ4v) is 4.01. The Morgan fingerprint density at radius 2 is 1.70 bits per heavy atom. The molecule has 0 saturated heterocycles. The second-order valence-electron chi connectivity index (χ2n) is 7.68. The van der Waals surface area contributed by atoms with Gasteiger partial charge in [0.25, 0.3) is 5.91 Å². The molecule has 0 saturated carbocycles. The molecular weight excluding hydrogens is 408 g/mol. The van der Waals surface area contributed by atoms with E-state index < -0.39 is 0 Å². The summed E-state index contributed by atoms with van der Waals surface area (Å²) in [6, 6.07) is 27.4. The third kappa shape index (κ3) is 4.04. The van der Waals surface area contributed by atoms with Crippen molar-refractivity contribution < 1.29 is 4.79 Å². The molecule has 0 fully saturated rings. The lowest BCUT2D eigenvalue weighted by Gasteiger charge is -2.09. The molecule has 5 heteroatoms. The van der Waals surface area contributed by atoms with Gasteiger partial charge in [0.1, 0.15) is 0 Å². The lowest BCUT2D eigenvalue weighted by atomic mass is 10.0. The van der Waals surface area contributed by atoms with E-state index >= 15 is 0 Å². The zero-order valence-corrected chi connectivity index (χ0v) is 18.0. The standard InChI is InChI=1S/C28H22N4O/c1-2-16-32-19-21(22-12-7-9-15-27(22)32)18-29-31-28(33)24-17-26(20-10-4-3-5-11-20)30-25-14-8-6-13-23(24)25/h2-15,17-19H,1,16H2,(H,31,33)/b29-18-. The van der Waals surface area contributed by atoms with Crippen LogP contribution >= 0.6 is 0 Å². The van der Waals surface area contributed by atoms with E-state index in [-0.39, 0.29) is 5.91 Å². The van der Waals surface area contributed by atoms with Gasteiger partial charge in [-0.2, -0.15) is 5.10 Å². The van der Waals surface area contributed by atoms with Gasteiger partial charge in [-0.15, -0.1) is 6.58 Å². The van der Waals surface area contributed by atoms with E-state index in [1.165, 1.54) is 0 Å². The van der Waals surface area contributed by atoms with E-state index in [2.05, 4.69) is 27.7 Å². The van der Waals surface area contributed by atoms with Gasteiger partial charge in [-0.3, -0.25) is 4.79 Å². The Morgan fingerprint density at radius 3 is 2.52 bits per heavy atom. The SMILES string of the molecule is C=CCn1cc(/C=N\NC(=O)c2cc(-c3ccccc3)nc3ccccc23)c2ccccc21. The van der Waals surface area contributed by atoms with E-state index in [0.717, 1.165) is 38.6 Å². The van der Waals surface area contributed by atoms with Crippen molar-refractivity contribution in [2.24, 2.45) is 5.10 Å². The molecule has 160 valence electrons. The summed E-state index contributed by atoms with van der Waals surface area (Å²) in [6.07, 6.45) is 5.55. The number of pyridine rings is 1. The van der Waals surface area contributed by atoms with Crippen LogP contribution in [0.5, 0.6) is 0 Å². The van der Waals surface area contributed by atoms with E-state index in [9.17, 15) is 4.79 Å². The second kappa shape index (κ2) is 8.93. The van der Waals surface area contributed by atoms with Crippen LogP contribution in [-0.2, 0) is 6.54 Å². The Hall–Kier alpha value is -4.51. The first-order valence-corrected chi connectivity index (χ1v) is 10.7. The minimum Gasteiger partial charge on any atom is -0.343 e. The maximum absolute atomic E-state index is 13.1. The predicted octanol–water partition coefficient (Wildman–Crippen LogP) is 5.81. The Kier molecular flexibility index (Phi) is 5.52. The highest BCUT2D eigenvalue weighted by atomic mass is 16.2. The molecule has 2 heterocycles. The molecule has 0 radical (unpaired) electrons. The first-order valence-electron chi connectivity index (χ1n) is 10.7. The number of hydrogen-bond donors (Lipinski definition) is 1. The van der Waals surface area contributed by atoms with Crippen molar-refractivity contribution in [1.82, 2.24) is 15.0 Å². The van der Waals surface area contributed by atoms with Gasteiger partial charge < -0.3 is 4.57 Å². The summed E-state index contributed by atoms with van der Waals surface area (Å²) in [5, 5.41) is 6.12. The molecule has 1 amide bonds. The molecule has 0 bridgehead atoms. The van der Waals surface area contributed by atoms with Crippen molar-refractivity contribution in [1.29, 1.82) is 0 Å². The van der Waals surface area contributed by atoms with Crippen LogP contribution in [0.3, 0.4) is 0 Å². The van der Waals surface area contributed by atoms with Crippen LogP contribution in [-0.4, -0.2) is 21.7 Å². The van der Waals surface area contributed by atoms with Crippen molar-refractivity contribution in [2.45, 2.75) is 6.54 Å². The molecule has 0 aliphatic rings. The van der Waals surface area contributed by atoms with Crippen molar-refractivity contribution in [3.8, 4) is 11.3 Å². The van der Waals surface area contributed by atoms with Crippen LogP contribution < -0.4 is 5.43 Å². The number of hydrogen-bond acceptors (Lipinski definition) is 3. The lowest BCUT2D eigenvalue weighted by Crippen LogP contribution is -2.18. The van der Waals surface area contributed by atoms with E-state index in [1.54, 1.807) is 6.21 Å². The maximum atomic E-state index is 13.1. The number of nitrogens with one attached hydrogen (secondary N) is 1. The van der Waals surface area contributed by atoms with Gasteiger partial charge in [-0.05, 0) is 18.2 Å². The van der Waals surface area contributed by atoms with Crippen molar-refractivity contribution >= 4 is 33.9 Å². The van der Waals surface area contributed by atoms with Crippen LogP contribution in [0.2, 0.25) is 0 Å². The molecule has 5 aromatic rings. The summed E-state index contributed by atoms with van der Waals surface area (Å²) in [4.78, 5) is 17.9. The quantitative estimate of drug-likeness (QED) is 0.210. The van der Waals surface area contributed by atoms with Crippen LogP contribution in [0.25, 0.3) is 33.1 Å². The van der Waals surface area contributed by atoms with Gasteiger partial charge in [0.2, 0.25) is 0 Å². The monoisotopic (exact) mass is 430 g/mol. The highest BCUT2D eigenvalue weighted by molar-refractivity contribution is 6.07. The second-order valence-corrected chi connectivity index (χ2v) is 7.68. The number of fused-ring (bicyclic) bond motifs is 2. The minimum absolute atomic E-state index is 0.281. The number of rotatable bonds is 6. The number of hydrazone groups is 1. The molecule has 1 N–H and O–H groups in total. The summed E-state index contributed by atoms with van der Waals surface area (Å²) >= 11 is 0. The van der Waals surface area contributed by atoms with Crippen molar-refractivity contribution in [3.63, 3.8) is 0 Å². The molecule has 0 atom stereocenters. The molecule has 0 aliphatic carbocycles. The van der Waals surface area contributed by atoms with Gasteiger partial charge in [-0.1, -0.05) is 72.8 Å². The minimum atomic E-state index is -0.281. The number of amides is 1. The molecule has 0 spiro atoms. The Balaban J connectivity index is 1.47. The van der Waals surface area contributed by atoms with Gasteiger partial charge in [-0.25, -0.2) is 10.4 Å². The first-order chi connectivity index (χ1) is 16.2. The number of carbonyl (C=O) groups excluding carboxylic acids is 1. The number of aromatic nitrogens is 2. The molecular formula is C28H22N4O. The summed E-state index contributed by atoms with van der Waals surface area (Å²) in [5.74, 6) is -0.281. The summed E-state index contributed by atoms with van der Waals surface area (Å²) in [5.41, 5.74) is 7.72. The summed E-state index contributed by atoms with van der Waals surface area (Å²) < 4.78 is 2.11. The average Bonchev–Trinajstić information content (AvgIpc) is 3.21. The smallest absolute Gasteiger partial charge is 0.272 e. The van der Waals surface area contributed by atoms with Gasteiger partial charge >= 0.3 is 0 Å². The van der Waals surface area contributed by atoms with Gasteiger partial charge in [0.15, 0.2) is 0 Å². The first kappa shape index (κ1) is 20.4.